The van der Waals surface area contributed by atoms with E-state index in [0.717, 1.165) is 12.8 Å². The Morgan fingerprint density at radius 3 is 2.56 bits per heavy atom. The number of aliphatic hydroxyl groups excluding tert-OH is 1. The Labute approximate surface area is 99.9 Å². The Morgan fingerprint density at radius 1 is 1.25 bits per heavy atom. The first-order chi connectivity index (χ1) is 7.52. The minimum absolute atomic E-state index is 0.0956. The number of hydrogen-bond donors (Lipinski definition) is 1. The average molecular weight is 222 g/mol. The Bertz CT molecular complexity index is 269. The zero-order valence-corrected chi connectivity index (χ0v) is 10.9. The fourth-order valence-corrected chi connectivity index (χ4v) is 4.00. The highest BCUT2D eigenvalue weighted by Gasteiger charge is 2.44. The Balaban J connectivity index is 2.24. The van der Waals surface area contributed by atoms with Gasteiger partial charge in [-0.3, -0.25) is 0 Å². The zero-order valence-electron chi connectivity index (χ0n) is 10.9. The first-order valence-corrected chi connectivity index (χ1v) is 6.88. The second-order valence-electron chi connectivity index (χ2n) is 6.33. The highest BCUT2D eigenvalue weighted by molar-refractivity contribution is 5.11. The molecule has 1 N–H and O–H groups in total. The van der Waals surface area contributed by atoms with Crippen molar-refractivity contribution < 1.29 is 5.11 Å². The van der Waals surface area contributed by atoms with Crippen molar-refractivity contribution in [2.24, 2.45) is 29.6 Å². The molecule has 1 nitrogen and oxygen atoms in total. The molecular formula is C15H26O. The van der Waals surface area contributed by atoms with Crippen LogP contribution < -0.4 is 0 Å². The summed E-state index contributed by atoms with van der Waals surface area (Å²) in [7, 11) is 0. The Morgan fingerprint density at radius 2 is 1.94 bits per heavy atom. The lowest BCUT2D eigenvalue weighted by atomic mass is 9.77. The van der Waals surface area contributed by atoms with Crippen LogP contribution in [0.2, 0.25) is 0 Å². The van der Waals surface area contributed by atoms with Crippen LogP contribution in [0.25, 0.3) is 0 Å². The first kappa shape index (κ1) is 12.2. The minimum atomic E-state index is -0.0956. The summed E-state index contributed by atoms with van der Waals surface area (Å²) in [6.45, 7) is 11.1. The first-order valence-electron chi connectivity index (χ1n) is 6.88. The highest BCUT2D eigenvalue weighted by Crippen LogP contribution is 2.49. The molecule has 0 spiro atoms. The number of allylic oxidation sites excluding steroid dienone is 1. The SMILES string of the molecule is C=C1CCC(C(C)C)C(O)C2C(C)CCC12. The standard InChI is InChI=1S/C15H26O/c1-9(2)12-7-5-10(3)13-8-6-11(4)14(13)15(12)16/h9,11-16H,3,5-8H2,1-2,4H3. The van der Waals surface area contributed by atoms with Gasteiger partial charge in [0, 0.05) is 0 Å². The molecule has 2 aliphatic rings. The molecule has 1 heteroatoms. The summed E-state index contributed by atoms with van der Waals surface area (Å²) in [4.78, 5) is 0. The number of rotatable bonds is 1. The highest BCUT2D eigenvalue weighted by atomic mass is 16.3. The molecule has 0 heterocycles. The van der Waals surface area contributed by atoms with E-state index >= 15 is 0 Å². The second kappa shape index (κ2) is 4.52. The topological polar surface area (TPSA) is 20.2 Å². The number of hydrogen-bond acceptors (Lipinski definition) is 1. The summed E-state index contributed by atoms with van der Waals surface area (Å²) in [5, 5.41) is 10.6. The van der Waals surface area contributed by atoms with Gasteiger partial charge in [0.2, 0.25) is 0 Å². The van der Waals surface area contributed by atoms with Gasteiger partial charge in [-0.05, 0) is 55.3 Å². The van der Waals surface area contributed by atoms with Crippen LogP contribution in [0.1, 0.15) is 46.5 Å². The van der Waals surface area contributed by atoms with Crippen molar-refractivity contribution in [3.05, 3.63) is 12.2 Å². The van der Waals surface area contributed by atoms with Crippen LogP contribution in [-0.4, -0.2) is 11.2 Å². The van der Waals surface area contributed by atoms with Gasteiger partial charge in [0.25, 0.3) is 0 Å². The van der Waals surface area contributed by atoms with Crippen molar-refractivity contribution in [2.45, 2.75) is 52.6 Å². The van der Waals surface area contributed by atoms with Crippen LogP contribution in [0.4, 0.5) is 0 Å². The lowest BCUT2D eigenvalue weighted by Gasteiger charge is -2.32. The van der Waals surface area contributed by atoms with E-state index in [1.165, 1.54) is 18.4 Å². The summed E-state index contributed by atoms with van der Waals surface area (Å²) in [5.74, 6) is 2.84. The lowest BCUT2D eigenvalue weighted by Crippen LogP contribution is -2.35. The summed E-state index contributed by atoms with van der Waals surface area (Å²) in [6.07, 6.45) is 4.70. The molecule has 0 aromatic rings. The van der Waals surface area contributed by atoms with Gasteiger partial charge in [0.1, 0.15) is 0 Å². The summed E-state index contributed by atoms with van der Waals surface area (Å²) >= 11 is 0. The van der Waals surface area contributed by atoms with Crippen molar-refractivity contribution in [3.63, 3.8) is 0 Å². The van der Waals surface area contributed by atoms with Crippen LogP contribution in [-0.2, 0) is 0 Å². The van der Waals surface area contributed by atoms with Crippen LogP contribution >= 0.6 is 0 Å². The molecular weight excluding hydrogens is 196 g/mol. The van der Waals surface area contributed by atoms with Crippen LogP contribution in [0.3, 0.4) is 0 Å². The van der Waals surface area contributed by atoms with Gasteiger partial charge in [-0.25, -0.2) is 0 Å². The van der Waals surface area contributed by atoms with Crippen LogP contribution in [0.5, 0.6) is 0 Å². The number of aliphatic hydroxyl groups is 1. The smallest absolute Gasteiger partial charge is 0.0607 e. The van der Waals surface area contributed by atoms with E-state index in [1.807, 2.05) is 0 Å². The fourth-order valence-electron chi connectivity index (χ4n) is 4.00. The van der Waals surface area contributed by atoms with Crippen LogP contribution in [0, 0.1) is 29.6 Å². The molecule has 0 aromatic carbocycles. The third-order valence-corrected chi connectivity index (χ3v) is 5.07. The van der Waals surface area contributed by atoms with Crippen molar-refractivity contribution >= 4 is 0 Å². The molecule has 2 rings (SSSR count). The normalized spacial score (nSPS) is 44.6. The molecule has 0 aromatic heterocycles. The summed E-state index contributed by atoms with van der Waals surface area (Å²) in [6, 6.07) is 0. The van der Waals surface area contributed by atoms with E-state index in [2.05, 4.69) is 27.4 Å². The molecule has 92 valence electrons. The van der Waals surface area contributed by atoms with Gasteiger partial charge in [-0.15, -0.1) is 0 Å². The minimum Gasteiger partial charge on any atom is -0.393 e. The third-order valence-electron chi connectivity index (χ3n) is 5.07. The molecule has 2 fully saturated rings. The molecule has 5 atom stereocenters. The van der Waals surface area contributed by atoms with E-state index in [-0.39, 0.29) is 6.10 Å². The van der Waals surface area contributed by atoms with Gasteiger partial charge in [0.05, 0.1) is 6.10 Å². The molecule has 0 amide bonds. The van der Waals surface area contributed by atoms with Crippen LogP contribution in [0.15, 0.2) is 12.2 Å². The molecule has 2 aliphatic carbocycles. The number of fused-ring (bicyclic) bond motifs is 1. The van der Waals surface area contributed by atoms with Crippen molar-refractivity contribution in [1.82, 2.24) is 0 Å². The maximum absolute atomic E-state index is 10.6. The van der Waals surface area contributed by atoms with Crippen molar-refractivity contribution in [2.75, 3.05) is 0 Å². The van der Waals surface area contributed by atoms with Gasteiger partial charge in [0.15, 0.2) is 0 Å². The maximum Gasteiger partial charge on any atom is 0.0607 e. The molecule has 16 heavy (non-hydrogen) atoms. The molecule has 0 bridgehead atoms. The van der Waals surface area contributed by atoms with E-state index in [4.69, 9.17) is 0 Å². The second-order valence-corrected chi connectivity index (χ2v) is 6.33. The molecule has 0 radical (unpaired) electrons. The summed E-state index contributed by atoms with van der Waals surface area (Å²) in [5.41, 5.74) is 1.41. The largest absolute Gasteiger partial charge is 0.393 e. The zero-order chi connectivity index (χ0) is 11.9. The lowest BCUT2D eigenvalue weighted by molar-refractivity contribution is 0.0104. The summed E-state index contributed by atoms with van der Waals surface area (Å²) < 4.78 is 0. The molecule has 0 saturated heterocycles. The monoisotopic (exact) mass is 222 g/mol. The maximum atomic E-state index is 10.6. The quantitative estimate of drug-likeness (QED) is 0.672. The fraction of sp³-hybridized carbons (Fsp3) is 0.867. The van der Waals surface area contributed by atoms with Crippen molar-refractivity contribution in [3.8, 4) is 0 Å². The molecule has 0 aliphatic heterocycles. The van der Waals surface area contributed by atoms with E-state index in [9.17, 15) is 5.11 Å². The van der Waals surface area contributed by atoms with E-state index in [0.29, 0.717) is 29.6 Å². The predicted molar refractivity (Wildman–Crippen MR) is 68.1 cm³/mol. The molecule has 5 unspecified atom stereocenters. The van der Waals surface area contributed by atoms with E-state index < -0.39 is 0 Å². The van der Waals surface area contributed by atoms with Gasteiger partial charge in [-0.2, -0.15) is 0 Å². The van der Waals surface area contributed by atoms with Crippen molar-refractivity contribution in [1.29, 1.82) is 0 Å². The predicted octanol–water partition coefficient (Wildman–Crippen LogP) is 3.63. The van der Waals surface area contributed by atoms with Gasteiger partial charge >= 0.3 is 0 Å². The third kappa shape index (κ3) is 1.95. The Hall–Kier alpha value is -0.300. The van der Waals surface area contributed by atoms with E-state index in [1.54, 1.807) is 0 Å². The van der Waals surface area contributed by atoms with Gasteiger partial charge < -0.3 is 5.11 Å². The van der Waals surface area contributed by atoms with Gasteiger partial charge in [-0.1, -0.05) is 32.9 Å². The average Bonchev–Trinajstić information content (AvgIpc) is 2.53. The molecule has 2 saturated carbocycles. The Kier molecular flexibility index (Phi) is 3.44.